The first kappa shape index (κ1) is 61.9. The van der Waals surface area contributed by atoms with Gasteiger partial charge in [0, 0.05) is 25.9 Å². The average Bonchev–Trinajstić information content (AvgIpc) is 3.40. The van der Waals surface area contributed by atoms with Crippen molar-refractivity contribution in [3.63, 3.8) is 0 Å². The molecule has 3 heterocycles. The maximum Gasteiger partial charge on any atom is 0.306 e. The highest BCUT2D eigenvalue weighted by Crippen LogP contribution is 2.20. The van der Waals surface area contributed by atoms with Gasteiger partial charge in [0.15, 0.2) is 12.2 Å². The molecule has 6 N–H and O–H groups in total. The zero-order valence-corrected chi connectivity index (χ0v) is 46.0. The van der Waals surface area contributed by atoms with Crippen LogP contribution in [-0.4, -0.2) is 107 Å². The predicted octanol–water partition coefficient (Wildman–Crippen LogP) is 6.84. The Bertz CT molecular complexity index is 2350. The van der Waals surface area contributed by atoms with Crippen molar-refractivity contribution < 1.29 is 47.8 Å². The number of rotatable bonds is 15. The summed E-state index contributed by atoms with van der Waals surface area (Å²) in [6.07, 6.45) is 13.1. The minimum absolute atomic E-state index is 0.184. The first-order valence-corrected chi connectivity index (χ1v) is 27.1. The lowest BCUT2D eigenvalue weighted by Gasteiger charge is -2.35. The van der Waals surface area contributed by atoms with Gasteiger partial charge in [-0.1, -0.05) is 95.0 Å². The number of amides is 6. The quantitative estimate of drug-likeness (QED) is 0.0612. The normalized spacial score (nSPS) is 22.5. The average molecular weight is 1050 g/mol. The second-order valence-electron chi connectivity index (χ2n) is 20.6. The van der Waals surface area contributed by atoms with Crippen molar-refractivity contribution in [2.75, 3.05) is 13.1 Å². The number of ether oxygens (including phenoxy) is 2. The molecule has 2 aromatic rings. The van der Waals surface area contributed by atoms with Gasteiger partial charge in [0.05, 0.1) is 12.1 Å². The van der Waals surface area contributed by atoms with Crippen LogP contribution in [0.1, 0.15) is 167 Å². The monoisotopic (exact) mass is 1050 g/mol. The van der Waals surface area contributed by atoms with Gasteiger partial charge in [0.1, 0.15) is 24.2 Å². The Hall–Kier alpha value is -6.66. The topological polar surface area (TPSA) is 234 Å². The van der Waals surface area contributed by atoms with Gasteiger partial charge in [-0.25, -0.2) is 10.9 Å². The summed E-state index contributed by atoms with van der Waals surface area (Å²) in [5, 5.41) is 14.2. The van der Waals surface area contributed by atoms with Crippen LogP contribution in [0.25, 0.3) is 12.2 Å². The number of benzene rings is 2. The van der Waals surface area contributed by atoms with Gasteiger partial charge in [-0.05, 0) is 138 Å². The molecule has 0 saturated carbocycles. The molecule has 416 valence electrons. The van der Waals surface area contributed by atoms with Crippen molar-refractivity contribution in [1.29, 1.82) is 0 Å². The fourth-order valence-electron chi connectivity index (χ4n) is 8.83. The highest BCUT2D eigenvalue weighted by Gasteiger charge is 2.36. The fourth-order valence-corrected chi connectivity index (χ4v) is 8.83. The number of hydrazine groups is 2. The minimum Gasteiger partial charge on any atom is -0.452 e. The van der Waals surface area contributed by atoms with Crippen molar-refractivity contribution in [2.45, 2.75) is 181 Å². The highest BCUT2D eigenvalue weighted by molar-refractivity contribution is 5.92. The maximum atomic E-state index is 13.1. The third kappa shape index (κ3) is 19.8. The van der Waals surface area contributed by atoms with Crippen LogP contribution in [0.2, 0.25) is 0 Å². The Labute approximate surface area is 449 Å². The van der Waals surface area contributed by atoms with E-state index < -0.39 is 60.1 Å². The third-order valence-corrected chi connectivity index (χ3v) is 13.4. The summed E-state index contributed by atoms with van der Waals surface area (Å²) >= 11 is 0. The van der Waals surface area contributed by atoms with E-state index in [9.17, 15) is 38.4 Å². The second-order valence-corrected chi connectivity index (χ2v) is 20.6. The van der Waals surface area contributed by atoms with Crippen molar-refractivity contribution in [3.8, 4) is 0 Å². The van der Waals surface area contributed by atoms with E-state index >= 15 is 0 Å². The first-order valence-electron chi connectivity index (χ1n) is 27.1. The number of carbonyl (C=O) groups excluding carboxylic acids is 8. The zero-order valence-electron chi connectivity index (χ0n) is 46.0. The van der Waals surface area contributed by atoms with Crippen LogP contribution in [0.5, 0.6) is 0 Å². The minimum atomic E-state index is -0.999. The van der Waals surface area contributed by atoms with Crippen LogP contribution in [-0.2, 0) is 47.8 Å². The summed E-state index contributed by atoms with van der Waals surface area (Å²) in [5.41, 5.74) is 9.99. The Morgan fingerprint density at radius 1 is 0.829 bits per heavy atom. The summed E-state index contributed by atoms with van der Waals surface area (Å²) in [6, 6.07) is 12.5. The van der Waals surface area contributed by atoms with Crippen LogP contribution >= 0.6 is 0 Å². The molecule has 0 aliphatic carbocycles. The van der Waals surface area contributed by atoms with Crippen molar-refractivity contribution >= 4 is 59.5 Å². The van der Waals surface area contributed by atoms with Crippen LogP contribution in [0, 0.1) is 11.8 Å². The van der Waals surface area contributed by atoms with Gasteiger partial charge in [0.2, 0.25) is 11.8 Å². The van der Waals surface area contributed by atoms with E-state index in [0.29, 0.717) is 51.6 Å². The summed E-state index contributed by atoms with van der Waals surface area (Å²) in [7, 11) is 0. The molecule has 5 rings (SSSR count). The standard InChI is InChI=1S/C30H44N4O5.C28H40N4O5/c1-7-9-10-11-17-26(35)39-27(20(3)4)29(37)32-22(6)30(38)34-18-13-16-25(33-34)28(36)31-21(5)24-15-12-14-23(8-2)19-24;1-18(2)25-27(35)30-20(4)28(36)32-16-10-14-23(31-32)26(34)29-19(3)22-13-9-12-21(17-22)11-7-5-6-8-15-24(33)37-25/h7-8,12,14-15,19-22,25,27,33H,1-2,9-11,13,16-18H2,3-6H3,(H,31,36)(H,32,37);7,9,11-13,17-20,23,25,31H,5-6,8,10,14-16H2,1-4H3,(H,29,34)(H,30,35)/b;11-7+/t21-,22+,25+,27+;19-,20+,23+,25+/m11/s1. The molecular weight excluding hydrogens is 969 g/mol. The lowest BCUT2D eigenvalue weighted by atomic mass is 10.0. The van der Waals surface area contributed by atoms with E-state index in [0.717, 1.165) is 47.9 Å². The van der Waals surface area contributed by atoms with E-state index in [1.54, 1.807) is 53.7 Å². The number of cyclic esters (lactones) is 1. The fraction of sp³-hybridized carbons (Fsp3) is 0.552. The number of esters is 2. The summed E-state index contributed by atoms with van der Waals surface area (Å²) in [6.45, 7) is 22.4. The number of nitrogens with one attached hydrogen (secondary N) is 6. The zero-order chi connectivity index (χ0) is 55.9. The SMILES string of the molecule is C=CCCCCC(=O)O[C@H](C(=O)N[C@@H](C)C(=O)N1CCC[C@@H](C(=O)N[C@H](C)c2cccc(C=C)c2)N1)C(C)C.CC(C)[C@@H]1OC(=O)CCCC/C=C/c2cccc(c2)[C@@H](C)NC(=O)[C@@H]2CCCN(N2)C(=O)[C@H](C)NC1=O. The Morgan fingerprint density at radius 3 is 2.26 bits per heavy atom. The van der Waals surface area contributed by atoms with Crippen LogP contribution in [0.15, 0.2) is 73.8 Å². The molecule has 0 spiro atoms. The molecule has 0 unspecified atom stereocenters. The lowest BCUT2D eigenvalue weighted by Crippen LogP contribution is -2.61. The molecule has 3 aliphatic heterocycles. The Balaban J connectivity index is 0.000000329. The van der Waals surface area contributed by atoms with Gasteiger partial charge >= 0.3 is 11.9 Å². The number of hydrogen-bond acceptors (Lipinski definition) is 12. The van der Waals surface area contributed by atoms with Crippen LogP contribution in [0.3, 0.4) is 0 Å². The maximum absolute atomic E-state index is 13.1. The highest BCUT2D eigenvalue weighted by atomic mass is 16.6. The van der Waals surface area contributed by atoms with Gasteiger partial charge < -0.3 is 30.7 Å². The van der Waals surface area contributed by atoms with Gasteiger partial charge in [-0.15, -0.1) is 6.58 Å². The third-order valence-electron chi connectivity index (χ3n) is 13.4. The number of fused-ring (bicyclic) bond motifs is 4. The molecular formula is C58H84N8O10. The molecule has 18 heteroatoms. The molecule has 8 atom stereocenters. The lowest BCUT2D eigenvalue weighted by molar-refractivity contribution is -0.159. The molecule has 0 aromatic heterocycles. The molecule has 2 saturated heterocycles. The van der Waals surface area contributed by atoms with Gasteiger partial charge in [0.25, 0.3) is 23.6 Å². The number of hydrogen-bond donors (Lipinski definition) is 6. The van der Waals surface area contributed by atoms with E-state index in [4.69, 9.17) is 9.47 Å². The number of allylic oxidation sites excluding steroid dienone is 2. The number of carbonyl (C=O) groups is 8. The number of nitrogens with zero attached hydrogens (tertiary/aromatic N) is 2. The molecule has 76 heavy (non-hydrogen) atoms. The molecule has 6 amide bonds. The van der Waals surface area contributed by atoms with E-state index in [-0.39, 0.29) is 60.4 Å². The number of unbranched alkanes of at least 4 members (excludes halogenated alkanes) is 2. The van der Waals surface area contributed by atoms with E-state index in [2.05, 4.69) is 51.4 Å². The summed E-state index contributed by atoms with van der Waals surface area (Å²) < 4.78 is 10.9. The van der Waals surface area contributed by atoms with Crippen molar-refractivity contribution in [1.82, 2.24) is 42.1 Å². The Kier molecular flexibility index (Phi) is 25.6. The molecule has 3 aliphatic rings. The molecule has 2 aromatic carbocycles. The van der Waals surface area contributed by atoms with Gasteiger partial charge in [-0.3, -0.25) is 48.4 Å². The summed E-state index contributed by atoms with van der Waals surface area (Å²) in [4.78, 5) is 103. The van der Waals surface area contributed by atoms with E-state index in [1.165, 1.54) is 10.0 Å². The predicted molar refractivity (Wildman–Crippen MR) is 293 cm³/mol. The Morgan fingerprint density at radius 2 is 1.55 bits per heavy atom. The van der Waals surface area contributed by atoms with Gasteiger partial charge in [-0.2, -0.15) is 0 Å². The van der Waals surface area contributed by atoms with Crippen LogP contribution < -0.4 is 32.1 Å². The largest absolute Gasteiger partial charge is 0.452 e. The van der Waals surface area contributed by atoms with Crippen LogP contribution in [0.4, 0.5) is 0 Å². The molecule has 4 bridgehead atoms. The molecule has 0 radical (unpaired) electrons. The smallest absolute Gasteiger partial charge is 0.306 e. The summed E-state index contributed by atoms with van der Waals surface area (Å²) in [5.74, 6) is -3.52. The first-order chi connectivity index (χ1) is 36.2. The van der Waals surface area contributed by atoms with E-state index in [1.807, 2.05) is 68.5 Å². The van der Waals surface area contributed by atoms with Crippen molar-refractivity contribution in [2.24, 2.45) is 11.8 Å². The second kappa shape index (κ2) is 31.4. The molecule has 2 fully saturated rings. The molecule has 18 nitrogen and oxygen atoms in total. The van der Waals surface area contributed by atoms with Crippen molar-refractivity contribution in [3.05, 3.63) is 96.1 Å².